The molecule has 1 heterocycles. The molecule has 0 aromatic heterocycles. The predicted molar refractivity (Wildman–Crippen MR) is 91.6 cm³/mol. The lowest BCUT2D eigenvalue weighted by molar-refractivity contribution is -0.123. The molecular weight excluding hydrogens is 290 g/mol. The molecule has 0 spiro atoms. The van der Waals surface area contributed by atoms with Crippen molar-refractivity contribution in [2.45, 2.75) is 46.1 Å². The molecule has 1 aromatic carbocycles. The molecule has 0 fully saturated rings. The Hall–Kier alpha value is -2.30. The number of hydrogen-bond donors (Lipinski definition) is 1. The van der Waals surface area contributed by atoms with Crippen molar-refractivity contribution >= 4 is 23.4 Å². The van der Waals surface area contributed by atoms with Crippen LogP contribution in [-0.4, -0.2) is 23.4 Å². The number of hydrogen-bond acceptors (Lipinski definition) is 3. The molecule has 1 aliphatic rings. The fraction of sp³-hybridized carbons (Fsp3) is 0.444. The summed E-state index contributed by atoms with van der Waals surface area (Å²) in [6.45, 7) is 7.44. The maximum absolute atomic E-state index is 12.3. The number of nitrogens with one attached hydrogen (secondary N) is 1. The fourth-order valence-electron chi connectivity index (χ4n) is 2.72. The summed E-state index contributed by atoms with van der Waals surface area (Å²) >= 11 is 0. The summed E-state index contributed by atoms with van der Waals surface area (Å²) in [5, 5.41) is 3.02. The molecule has 2 rings (SSSR count). The van der Waals surface area contributed by atoms with Gasteiger partial charge in [-0.2, -0.15) is 4.99 Å². The van der Waals surface area contributed by atoms with E-state index in [9.17, 15) is 9.59 Å². The highest BCUT2D eigenvalue weighted by Gasteiger charge is 2.27. The van der Waals surface area contributed by atoms with Crippen molar-refractivity contribution in [3.05, 3.63) is 35.9 Å². The second-order valence-electron chi connectivity index (χ2n) is 6.38. The molecule has 0 saturated carbocycles. The first-order valence-electron chi connectivity index (χ1n) is 7.80. The minimum absolute atomic E-state index is 0.0780. The predicted octanol–water partition coefficient (Wildman–Crippen LogP) is 2.85. The van der Waals surface area contributed by atoms with Crippen LogP contribution in [0.1, 0.15) is 46.1 Å². The van der Waals surface area contributed by atoms with Crippen LogP contribution in [0, 0.1) is 5.92 Å². The average Bonchev–Trinajstić information content (AvgIpc) is 2.46. The van der Waals surface area contributed by atoms with E-state index in [0.29, 0.717) is 12.3 Å². The first-order valence-corrected chi connectivity index (χ1v) is 7.80. The van der Waals surface area contributed by atoms with E-state index >= 15 is 0 Å². The Kier molecular flexibility index (Phi) is 5.08. The zero-order valence-corrected chi connectivity index (χ0v) is 14.1. The van der Waals surface area contributed by atoms with Gasteiger partial charge in [0.15, 0.2) is 0 Å². The Balaban J connectivity index is 1.93. The van der Waals surface area contributed by atoms with Crippen molar-refractivity contribution in [2.24, 2.45) is 15.9 Å². The van der Waals surface area contributed by atoms with Gasteiger partial charge in [0.2, 0.25) is 5.91 Å². The summed E-state index contributed by atoms with van der Waals surface area (Å²) in [5.41, 5.74) is 1.32. The van der Waals surface area contributed by atoms with Crippen LogP contribution in [0.3, 0.4) is 0 Å². The van der Waals surface area contributed by atoms with Crippen LogP contribution >= 0.6 is 0 Å². The van der Waals surface area contributed by atoms with Gasteiger partial charge in [-0.3, -0.25) is 9.59 Å². The van der Waals surface area contributed by atoms with Crippen LogP contribution in [0.25, 0.3) is 0 Å². The molecule has 23 heavy (non-hydrogen) atoms. The van der Waals surface area contributed by atoms with Gasteiger partial charge in [0.1, 0.15) is 5.84 Å². The molecule has 0 aliphatic carbocycles. The van der Waals surface area contributed by atoms with E-state index < -0.39 is 5.54 Å². The van der Waals surface area contributed by atoms with Gasteiger partial charge < -0.3 is 5.32 Å². The van der Waals surface area contributed by atoms with Gasteiger partial charge in [0.25, 0.3) is 5.91 Å². The topological polar surface area (TPSA) is 70.9 Å². The molecule has 5 heteroatoms. The number of rotatable bonds is 5. The third-order valence-corrected chi connectivity index (χ3v) is 4.02. The molecule has 0 bridgehead atoms. The zero-order valence-electron chi connectivity index (χ0n) is 14.1. The van der Waals surface area contributed by atoms with Gasteiger partial charge in [-0.05, 0) is 39.7 Å². The smallest absolute Gasteiger partial charge is 0.256 e. The Morgan fingerprint density at radius 2 is 1.83 bits per heavy atom. The lowest BCUT2D eigenvalue weighted by Crippen LogP contribution is -2.41. The van der Waals surface area contributed by atoms with Crippen molar-refractivity contribution < 1.29 is 9.59 Å². The molecule has 1 unspecified atom stereocenters. The summed E-state index contributed by atoms with van der Waals surface area (Å²) in [6.07, 6.45) is 0.704. The minimum atomic E-state index is -0.452. The van der Waals surface area contributed by atoms with Crippen LogP contribution in [-0.2, 0) is 15.1 Å². The van der Waals surface area contributed by atoms with E-state index in [1.807, 2.05) is 51.1 Å². The highest BCUT2D eigenvalue weighted by atomic mass is 16.2. The van der Waals surface area contributed by atoms with Gasteiger partial charge in [0.05, 0.1) is 11.5 Å². The maximum atomic E-state index is 12.3. The van der Waals surface area contributed by atoms with E-state index in [2.05, 4.69) is 15.3 Å². The second kappa shape index (κ2) is 6.86. The van der Waals surface area contributed by atoms with Crippen LogP contribution in [0.5, 0.6) is 0 Å². The number of amides is 2. The summed E-state index contributed by atoms with van der Waals surface area (Å²) in [4.78, 5) is 32.3. The monoisotopic (exact) mass is 313 g/mol. The van der Waals surface area contributed by atoms with Crippen molar-refractivity contribution in [2.75, 3.05) is 0 Å². The SMILES string of the molecule is CC1=NC(=O)C(CCC(=O)NC(C)(C)c2ccccc2)C(C)=N1. The number of amidine groups is 1. The summed E-state index contributed by atoms with van der Waals surface area (Å²) < 4.78 is 0. The molecule has 1 N–H and O–H groups in total. The summed E-state index contributed by atoms with van der Waals surface area (Å²) in [6, 6.07) is 9.81. The molecule has 0 radical (unpaired) electrons. The van der Waals surface area contributed by atoms with Gasteiger partial charge in [-0.1, -0.05) is 30.3 Å². The van der Waals surface area contributed by atoms with Crippen LogP contribution in [0.4, 0.5) is 0 Å². The first-order chi connectivity index (χ1) is 10.8. The van der Waals surface area contributed by atoms with E-state index in [0.717, 1.165) is 11.3 Å². The number of carbonyl (C=O) groups excluding carboxylic acids is 2. The van der Waals surface area contributed by atoms with Gasteiger partial charge in [-0.25, -0.2) is 4.99 Å². The molecule has 5 nitrogen and oxygen atoms in total. The van der Waals surface area contributed by atoms with E-state index in [-0.39, 0.29) is 24.2 Å². The Labute approximate surface area is 136 Å². The third kappa shape index (κ3) is 4.34. The molecule has 1 atom stereocenters. The zero-order chi connectivity index (χ0) is 17.0. The van der Waals surface area contributed by atoms with Gasteiger partial charge in [-0.15, -0.1) is 0 Å². The number of aliphatic imine (C=N–C) groups is 2. The highest BCUT2D eigenvalue weighted by molar-refractivity contribution is 6.14. The maximum Gasteiger partial charge on any atom is 0.256 e. The van der Waals surface area contributed by atoms with Crippen molar-refractivity contribution in [1.82, 2.24) is 5.32 Å². The standard InChI is InChI=1S/C18H23N3O2/c1-12-15(17(23)20-13(2)19-12)10-11-16(22)21-18(3,4)14-8-6-5-7-9-14/h5-9,15H,10-11H2,1-4H3,(H,21,22). The first kappa shape index (κ1) is 17.1. The molecule has 2 amide bonds. The summed E-state index contributed by atoms with van der Waals surface area (Å²) in [5.74, 6) is -0.182. The molecule has 1 aromatic rings. The number of nitrogens with zero attached hydrogens (tertiary/aromatic N) is 2. The number of carbonyl (C=O) groups is 2. The van der Waals surface area contributed by atoms with E-state index in [1.54, 1.807) is 6.92 Å². The number of benzene rings is 1. The summed E-state index contributed by atoms with van der Waals surface area (Å²) in [7, 11) is 0. The van der Waals surface area contributed by atoms with Gasteiger partial charge in [0, 0.05) is 12.1 Å². The highest BCUT2D eigenvalue weighted by Crippen LogP contribution is 2.21. The van der Waals surface area contributed by atoms with Crippen LogP contribution in [0.15, 0.2) is 40.3 Å². The molecule has 122 valence electrons. The largest absolute Gasteiger partial charge is 0.347 e. The average molecular weight is 313 g/mol. The van der Waals surface area contributed by atoms with Crippen LogP contribution < -0.4 is 5.32 Å². The molecule has 1 aliphatic heterocycles. The normalized spacial score (nSPS) is 18.3. The Morgan fingerprint density at radius 3 is 2.43 bits per heavy atom. The Morgan fingerprint density at radius 1 is 1.17 bits per heavy atom. The lowest BCUT2D eigenvalue weighted by Gasteiger charge is -2.27. The molecule has 0 saturated heterocycles. The van der Waals surface area contributed by atoms with E-state index in [4.69, 9.17) is 0 Å². The lowest BCUT2D eigenvalue weighted by atomic mass is 9.93. The van der Waals surface area contributed by atoms with Crippen LogP contribution in [0.2, 0.25) is 0 Å². The van der Waals surface area contributed by atoms with E-state index in [1.165, 1.54) is 0 Å². The van der Waals surface area contributed by atoms with Crippen molar-refractivity contribution in [3.8, 4) is 0 Å². The quantitative estimate of drug-likeness (QED) is 0.908. The second-order valence-corrected chi connectivity index (χ2v) is 6.38. The fourth-order valence-corrected chi connectivity index (χ4v) is 2.72. The third-order valence-electron chi connectivity index (χ3n) is 4.02. The van der Waals surface area contributed by atoms with Crippen molar-refractivity contribution in [3.63, 3.8) is 0 Å². The Bertz CT molecular complexity index is 660. The minimum Gasteiger partial charge on any atom is -0.347 e. The van der Waals surface area contributed by atoms with Gasteiger partial charge >= 0.3 is 0 Å². The van der Waals surface area contributed by atoms with Crippen molar-refractivity contribution in [1.29, 1.82) is 0 Å². The molecular formula is C18H23N3O2.